The minimum Gasteiger partial charge on any atom is -0.394 e. The van der Waals surface area contributed by atoms with E-state index in [0.29, 0.717) is 0 Å². The lowest BCUT2D eigenvalue weighted by Crippen LogP contribution is -2.30. The van der Waals surface area contributed by atoms with Crippen LogP contribution in [-0.2, 0) is 11.0 Å². The molecule has 0 aliphatic carbocycles. The van der Waals surface area contributed by atoms with Crippen molar-refractivity contribution in [1.29, 1.82) is 0 Å². The first kappa shape index (κ1) is 11.2. The number of hydrogen-bond acceptors (Lipinski definition) is 2. The van der Waals surface area contributed by atoms with E-state index in [1.165, 1.54) is 5.56 Å². The van der Waals surface area contributed by atoms with Crippen molar-refractivity contribution < 1.29 is 5.11 Å². The monoisotopic (exact) mass is 196 g/mol. The second-order valence-electron chi connectivity index (χ2n) is 5.39. The molecular formula is C11H20N2O. The molecule has 0 aliphatic rings. The van der Waals surface area contributed by atoms with Gasteiger partial charge in [-0.15, -0.1) is 0 Å². The average Bonchev–Trinajstić information content (AvgIpc) is 2.51. The molecule has 0 fully saturated rings. The van der Waals surface area contributed by atoms with Crippen molar-refractivity contribution in [3.05, 3.63) is 18.0 Å². The predicted molar refractivity (Wildman–Crippen MR) is 57.3 cm³/mol. The van der Waals surface area contributed by atoms with Crippen molar-refractivity contribution in [2.24, 2.45) is 0 Å². The zero-order valence-corrected chi connectivity index (χ0v) is 9.70. The van der Waals surface area contributed by atoms with Crippen molar-refractivity contribution in [2.75, 3.05) is 6.61 Å². The minimum atomic E-state index is -0.316. The summed E-state index contributed by atoms with van der Waals surface area (Å²) in [5.74, 6) is 0. The van der Waals surface area contributed by atoms with Gasteiger partial charge in [0.2, 0.25) is 0 Å². The molecule has 80 valence electrons. The average molecular weight is 196 g/mol. The van der Waals surface area contributed by atoms with Gasteiger partial charge in [0.1, 0.15) is 0 Å². The van der Waals surface area contributed by atoms with Gasteiger partial charge in [-0.05, 0) is 24.8 Å². The molecule has 0 saturated carbocycles. The highest BCUT2D eigenvalue weighted by Gasteiger charge is 2.23. The van der Waals surface area contributed by atoms with Gasteiger partial charge in [-0.1, -0.05) is 20.8 Å². The molecule has 1 N–H and O–H groups in total. The first-order valence-electron chi connectivity index (χ1n) is 4.94. The van der Waals surface area contributed by atoms with E-state index in [0.717, 1.165) is 0 Å². The maximum atomic E-state index is 9.20. The number of nitrogens with zero attached hydrogens (tertiary/aromatic N) is 2. The Kier molecular flexibility index (Phi) is 2.72. The Balaban J connectivity index is 3.00. The van der Waals surface area contributed by atoms with E-state index < -0.39 is 0 Å². The van der Waals surface area contributed by atoms with Crippen LogP contribution in [0.5, 0.6) is 0 Å². The third-order valence-corrected chi connectivity index (χ3v) is 2.46. The zero-order chi connectivity index (χ0) is 11.0. The van der Waals surface area contributed by atoms with Crippen LogP contribution in [0, 0.1) is 0 Å². The molecule has 0 radical (unpaired) electrons. The van der Waals surface area contributed by atoms with E-state index in [1.54, 1.807) is 0 Å². The number of aliphatic hydroxyl groups is 1. The molecule has 0 bridgehead atoms. The Bertz CT molecular complexity index is 307. The zero-order valence-electron chi connectivity index (χ0n) is 9.70. The summed E-state index contributed by atoms with van der Waals surface area (Å²) >= 11 is 0. The molecule has 3 heteroatoms. The van der Waals surface area contributed by atoms with Gasteiger partial charge in [-0.3, -0.25) is 4.68 Å². The highest BCUT2D eigenvalue weighted by molar-refractivity contribution is 5.15. The summed E-state index contributed by atoms with van der Waals surface area (Å²) in [5, 5.41) is 13.5. The van der Waals surface area contributed by atoms with E-state index in [2.05, 4.69) is 25.9 Å². The molecule has 0 amide bonds. The van der Waals surface area contributed by atoms with Gasteiger partial charge in [-0.25, -0.2) is 0 Å². The summed E-state index contributed by atoms with van der Waals surface area (Å²) in [7, 11) is 0. The maximum Gasteiger partial charge on any atom is 0.0801 e. The molecule has 0 spiro atoms. The van der Waals surface area contributed by atoms with Gasteiger partial charge in [0.15, 0.2) is 0 Å². The van der Waals surface area contributed by atoms with E-state index in [-0.39, 0.29) is 17.6 Å². The topological polar surface area (TPSA) is 38.0 Å². The summed E-state index contributed by atoms with van der Waals surface area (Å²) in [6.07, 6.45) is 3.88. The number of aromatic nitrogens is 2. The van der Waals surface area contributed by atoms with Gasteiger partial charge < -0.3 is 5.11 Å². The summed E-state index contributed by atoms with van der Waals surface area (Å²) in [4.78, 5) is 0. The highest BCUT2D eigenvalue weighted by Crippen LogP contribution is 2.23. The third kappa shape index (κ3) is 2.15. The fourth-order valence-corrected chi connectivity index (χ4v) is 1.11. The van der Waals surface area contributed by atoms with Crippen LogP contribution in [0.25, 0.3) is 0 Å². The van der Waals surface area contributed by atoms with Crippen molar-refractivity contribution in [2.45, 2.75) is 45.6 Å². The third-order valence-electron chi connectivity index (χ3n) is 2.46. The van der Waals surface area contributed by atoms with E-state index in [9.17, 15) is 5.11 Å². The van der Waals surface area contributed by atoms with Gasteiger partial charge >= 0.3 is 0 Å². The normalized spacial score (nSPS) is 13.3. The molecule has 0 aliphatic heterocycles. The van der Waals surface area contributed by atoms with Crippen LogP contribution >= 0.6 is 0 Å². The molecule has 0 saturated heterocycles. The molecule has 1 heterocycles. The lowest BCUT2D eigenvalue weighted by Gasteiger charge is -2.22. The largest absolute Gasteiger partial charge is 0.394 e. The lowest BCUT2D eigenvalue weighted by molar-refractivity contribution is 0.152. The Morgan fingerprint density at radius 3 is 2.21 bits per heavy atom. The van der Waals surface area contributed by atoms with E-state index >= 15 is 0 Å². The standard InChI is InChI=1S/C11H20N2O/c1-10(2,3)9-6-12-13(7-9)11(4,5)8-14/h6-7,14H,8H2,1-5H3. The van der Waals surface area contributed by atoms with E-state index in [1.807, 2.05) is 30.9 Å². The predicted octanol–water partition coefficient (Wildman–Crippen LogP) is 1.91. The SMILES string of the molecule is CC(C)(C)c1cnn(C(C)(C)CO)c1. The summed E-state index contributed by atoms with van der Waals surface area (Å²) in [5.41, 5.74) is 0.992. The molecule has 3 nitrogen and oxygen atoms in total. The summed E-state index contributed by atoms with van der Waals surface area (Å²) < 4.78 is 1.83. The van der Waals surface area contributed by atoms with Gasteiger partial charge in [-0.2, -0.15) is 5.10 Å². The van der Waals surface area contributed by atoms with Crippen molar-refractivity contribution in [1.82, 2.24) is 9.78 Å². The van der Waals surface area contributed by atoms with Crippen LogP contribution in [0.2, 0.25) is 0 Å². The van der Waals surface area contributed by atoms with Crippen LogP contribution in [0.3, 0.4) is 0 Å². The number of rotatable bonds is 2. The van der Waals surface area contributed by atoms with Crippen molar-refractivity contribution in [3.63, 3.8) is 0 Å². The first-order chi connectivity index (χ1) is 6.27. The van der Waals surface area contributed by atoms with Crippen LogP contribution in [0.4, 0.5) is 0 Å². The Labute approximate surface area is 85.8 Å². The van der Waals surface area contributed by atoms with Crippen LogP contribution in [0.1, 0.15) is 40.2 Å². The van der Waals surface area contributed by atoms with Crippen molar-refractivity contribution in [3.8, 4) is 0 Å². The number of aliphatic hydroxyl groups excluding tert-OH is 1. The molecule has 14 heavy (non-hydrogen) atoms. The molecular weight excluding hydrogens is 176 g/mol. The van der Waals surface area contributed by atoms with Crippen LogP contribution in [0.15, 0.2) is 12.4 Å². The molecule has 0 aromatic carbocycles. The second-order valence-corrected chi connectivity index (χ2v) is 5.39. The maximum absolute atomic E-state index is 9.20. The molecule has 1 aromatic rings. The van der Waals surface area contributed by atoms with E-state index in [4.69, 9.17) is 0 Å². The fraction of sp³-hybridized carbons (Fsp3) is 0.727. The molecule has 0 unspecified atom stereocenters. The second kappa shape index (κ2) is 3.39. The summed E-state index contributed by atoms with van der Waals surface area (Å²) in [6, 6.07) is 0. The number of hydrogen-bond donors (Lipinski definition) is 1. The summed E-state index contributed by atoms with van der Waals surface area (Å²) in [6.45, 7) is 10.5. The molecule has 1 rings (SSSR count). The van der Waals surface area contributed by atoms with Gasteiger partial charge in [0.25, 0.3) is 0 Å². The molecule has 0 atom stereocenters. The fourth-order valence-electron chi connectivity index (χ4n) is 1.11. The Morgan fingerprint density at radius 1 is 1.29 bits per heavy atom. The van der Waals surface area contributed by atoms with Crippen molar-refractivity contribution >= 4 is 0 Å². The molecule has 1 aromatic heterocycles. The van der Waals surface area contributed by atoms with Crippen LogP contribution in [-0.4, -0.2) is 21.5 Å². The first-order valence-corrected chi connectivity index (χ1v) is 4.94. The Hall–Kier alpha value is -0.830. The lowest BCUT2D eigenvalue weighted by atomic mass is 9.90. The smallest absolute Gasteiger partial charge is 0.0801 e. The highest BCUT2D eigenvalue weighted by atomic mass is 16.3. The minimum absolute atomic E-state index is 0.0955. The van der Waals surface area contributed by atoms with Crippen LogP contribution < -0.4 is 0 Å². The quantitative estimate of drug-likeness (QED) is 0.784. The van der Waals surface area contributed by atoms with Gasteiger partial charge in [0.05, 0.1) is 18.3 Å². The van der Waals surface area contributed by atoms with Gasteiger partial charge in [0, 0.05) is 6.20 Å². The Morgan fingerprint density at radius 2 is 1.86 bits per heavy atom.